The molecule has 11 nitrogen and oxygen atoms in total. The zero-order valence-electron chi connectivity index (χ0n) is 20.2. The van der Waals surface area contributed by atoms with E-state index >= 15 is 0 Å². The maximum Gasteiger partial charge on any atom is 0.424 e. The number of aliphatic hydroxyl groups is 1. The largest absolute Gasteiger partial charge is 0.491 e. The normalized spacial score (nSPS) is 13.2. The Morgan fingerprint density at radius 3 is 2.51 bits per heavy atom. The van der Waals surface area contributed by atoms with Crippen LogP contribution in [0.15, 0.2) is 48.7 Å². The van der Waals surface area contributed by atoms with E-state index in [2.05, 4.69) is 25.8 Å². The fraction of sp³-hybridized carbons (Fsp3) is 0.250. The van der Waals surface area contributed by atoms with Crippen LogP contribution in [-0.4, -0.2) is 61.3 Å². The fourth-order valence-electron chi connectivity index (χ4n) is 3.75. The molecule has 2 amide bonds. The SMILES string of the molecule is CCOc1c(CC(N)=O)cc([C@@](O)(CNC(=O)c2ccc3nnnn3c2)C(F)(F)F)nc1-c1ccc(F)cc1. The number of amides is 2. The molecule has 0 saturated carbocycles. The topological polar surface area (TPSA) is 158 Å². The van der Waals surface area contributed by atoms with E-state index in [0.29, 0.717) is 5.65 Å². The third-order valence-corrected chi connectivity index (χ3v) is 5.67. The average molecular weight is 547 g/mol. The molecule has 4 N–H and O–H groups in total. The summed E-state index contributed by atoms with van der Waals surface area (Å²) in [6, 6.07) is 8.14. The van der Waals surface area contributed by atoms with Gasteiger partial charge in [-0.1, -0.05) is 0 Å². The van der Waals surface area contributed by atoms with Crippen LogP contribution in [0.25, 0.3) is 16.9 Å². The zero-order valence-corrected chi connectivity index (χ0v) is 20.2. The number of benzene rings is 1. The van der Waals surface area contributed by atoms with Crippen LogP contribution < -0.4 is 15.8 Å². The molecule has 0 saturated heterocycles. The number of carbonyl (C=O) groups excluding carboxylic acids is 2. The Bertz CT molecular complexity index is 1530. The molecule has 3 aromatic heterocycles. The first-order chi connectivity index (χ1) is 18.4. The number of rotatable bonds is 9. The van der Waals surface area contributed by atoms with Crippen molar-refractivity contribution in [2.45, 2.75) is 25.1 Å². The van der Waals surface area contributed by atoms with Crippen molar-refractivity contribution in [1.29, 1.82) is 0 Å². The minimum Gasteiger partial charge on any atom is -0.491 e. The van der Waals surface area contributed by atoms with Gasteiger partial charge in [0.25, 0.3) is 5.91 Å². The number of ether oxygens (including phenoxy) is 1. The lowest BCUT2D eigenvalue weighted by Crippen LogP contribution is -2.51. The molecule has 4 rings (SSSR count). The van der Waals surface area contributed by atoms with Gasteiger partial charge >= 0.3 is 6.18 Å². The van der Waals surface area contributed by atoms with Crippen LogP contribution in [0.4, 0.5) is 17.6 Å². The van der Waals surface area contributed by atoms with Crippen molar-refractivity contribution in [3.8, 4) is 17.0 Å². The molecule has 204 valence electrons. The fourth-order valence-corrected chi connectivity index (χ4v) is 3.75. The van der Waals surface area contributed by atoms with Crippen LogP contribution in [0.2, 0.25) is 0 Å². The third kappa shape index (κ3) is 5.62. The first-order valence-corrected chi connectivity index (χ1v) is 11.4. The van der Waals surface area contributed by atoms with E-state index in [1.54, 1.807) is 6.92 Å². The standard InChI is InChI=1S/C24H21F4N7O4/c1-2-39-21-15(10-18(29)36)9-17(31-20(21)13-3-6-16(25)7-4-13)23(38,24(26,27)28)12-30-22(37)14-5-8-19-32-33-34-35(19)11-14/h3-9,11,38H,2,10,12H2,1H3,(H2,29,36)(H,30,37)/t23-/m0/s1. The second kappa shape index (κ2) is 10.6. The molecule has 0 aliphatic carbocycles. The highest BCUT2D eigenvalue weighted by atomic mass is 19.4. The number of pyridine rings is 2. The third-order valence-electron chi connectivity index (χ3n) is 5.67. The lowest BCUT2D eigenvalue weighted by Gasteiger charge is -2.31. The highest BCUT2D eigenvalue weighted by Crippen LogP contribution is 2.42. The van der Waals surface area contributed by atoms with E-state index in [-0.39, 0.29) is 34.7 Å². The number of hydrogen-bond acceptors (Lipinski definition) is 8. The quantitative estimate of drug-likeness (QED) is 0.268. The number of nitrogens with two attached hydrogens (primary N) is 1. The molecule has 0 spiro atoms. The lowest BCUT2D eigenvalue weighted by atomic mass is 9.93. The molecule has 3 heterocycles. The maximum atomic E-state index is 14.4. The van der Waals surface area contributed by atoms with Crippen molar-refractivity contribution in [3.63, 3.8) is 0 Å². The van der Waals surface area contributed by atoms with E-state index in [4.69, 9.17) is 10.5 Å². The van der Waals surface area contributed by atoms with Gasteiger partial charge in [-0.3, -0.25) is 9.59 Å². The number of aromatic nitrogens is 5. The van der Waals surface area contributed by atoms with Gasteiger partial charge in [0, 0.05) is 17.3 Å². The Labute approximate surface area is 217 Å². The zero-order chi connectivity index (χ0) is 28.4. The summed E-state index contributed by atoms with van der Waals surface area (Å²) in [6.45, 7) is 0.305. The van der Waals surface area contributed by atoms with Gasteiger partial charge in [-0.2, -0.15) is 17.7 Å². The Morgan fingerprint density at radius 2 is 1.87 bits per heavy atom. The van der Waals surface area contributed by atoms with Crippen molar-refractivity contribution in [1.82, 2.24) is 30.3 Å². The Morgan fingerprint density at radius 1 is 1.15 bits per heavy atom. The van der Waals surface area contributed by atoms with Crippen molar-refractivity contribution in [2.24, 2.45) is 5.73 Å². The summed E-state index contributed by atoms with van der Waals surface area (Å²) in [4.78, 5) is 28.5. The van der Waals surface area contributed by atoms with Crippen LogP contribution in [0.5, 0.6) is 5.75 Å². The molecule has 39 heavy (non-hydrogen) atoms. The minimum atomic E-state index is -5.34. The van der Waals surface area contributed by atoms with Gasteiger partial charge in [-0.15, -0.1) is 5.10 Å². The summed E-state index contributed by atoms with van der Waals surface area (Å²) >= 11 is 0. The van der Waals surface area contributed by atoms with Crippen LogP contribution in [0.3, 0.4) is 0 Å². The van der Waals surface area contributed by atoms with Crippen LogP contribution >= 0.6 is 0 Å². The molecule has 15 heteroatoms. The van der Waals surface area contributed by atoms with E-state index in [9.17, 15) is 32.3 Å². The molecule has 0 fully saturated rings. The van der Waals surface area contributed by atoms with Crippen LogP contribution in [-0.2, 0) is 16.8 Å². The number of tetrazole rings is 1. The molecule has 1 aromatic carbocycles. The smallest absolute Gasteiger partial charge is 0.424 e. The monoisotopic (exact) mass is 547 g/mol. The minimum absolute atomic E-state index is 0.0478. The van der Waals surface area contributed by atoms with Crippen molar-refractivity contribution in [3.05, 3.63) is 71.3 Å². The number of fused-ring (bicyclic) bond motifs is 1. The molecule has 0 aliphatic heterocycles. The Balaban J connectivity index is 1.79. The molecule has 0 unspecified atom stereocenters. The van der Waals surface area contributed by atoms with Crippen LogP contribution in [0.1, 0.15) is 28.5 Å². The summed E-state index contributed by atoms with van der Waals surface area (Å²) in [5, 5.41) is 23.8. The number of halogens is 4. The van der Waals surface area contributed by atoms with Crippen LogP contribution in [0, 0.1) is 5.82 Å². The van der Waals surface area contributed by atoms with Crippen molar-refractivity contribution >= 4 is 17.5 Å². The molecule has 0 aliphatic rings. The van der Waals surface area contributed by atoms with Gasteiger partial charge in [0.15, 0.2) is 5.65 Å². The van der Waals surface area contributed by atoms with Crippen molar-refractivity contribution in [2.75, 3.05) is 13.2 Å². The Kier molecular flexibility index (Phi) is 7.44. The van der Waals surface area contributed by atoms with Gasteiger partial charge in [0.2, 0.25) is 11.5 Å². The summed E-state index contributed by atoms with van der Waals surface area (Å²) in [7, 11) is 0. The first kappa shape index (κ1) is 27.4. The van der Waals surface area contributed by atoms with E-state index in [1.165, 1.54) is 30.5 Å². The van der Waals surface area contributed by atoms with Gasteiger partial charge in [0.05, 0.1) is 30.8 Å². The average Bonchev–Trinajstić information content (AvgIpc) is 3.35. The lowest BCUT2D eigenvalue weighted by molar-refractivity contribution is -0.265. The highest BCUT2D eigenvalue weighted by molar-refractivity contribution is 5.94. The summed E-state index contributed by atoms with van der Waals surface area (Å²) in [5.41, 5.74) is 0.743. The Hall–Kier alpha value is -4.66. The maximum absolute atomic E-state index is 14.4. The summed E-state index contributed by atoms with van der Waals surface area (Å²) in [5.74, 6) is -2.52. The number of nitrogens with zero attached hydrogens (tertiary/aromatic N) is 5. The molecule has 0 radical (unpaired) electrons. The van der Waals surface area contributed by atoms with Gasteiger partial charge < -0.3 is 20.9 Å². The van der Waals surface area contributed by atoms with E-state index in [0.717, 1.165) is 22.7 Å². The molecular weight excluding hydrogens is 526 g/mol. The number of nitrogens with one attached hydrogen (secondary N) is 1. The molecule has 1 atom stereocenters. The molecule has 0 bridgehead atoms. The van der Waals surface area contributed by atoms with E-state index < -0.39 is 48.1 Å². The van der Waals surface area contributed by atoms with Gasteiger partial charge in [-0.25, -0.2) is 9.37 Å². The van der Waals surface area contributed by atoms with Crippen molar-refractivity contribution < 1.29 is 37.0 Å². The number of alkyl halides is 3. The summed E-state index contributed by atoms with van der Waals surface area (Å²) < 4.78 is 63.5. The predicted octanol–water partition coefficient (Wildman–Crippen LogP) is 1.93. The molecule has 4 aromatic rings. The van der Waals surface area contributed by atoms with Gasteiger partial charge in [-0.05, 0) is 59.8 Å². The second-order valence-corrected chi connectivity index (χ2v) is 8.37. The number of carbonyl (C=O) groups is 2. The van der Waals surface area contributed by atoms with Gasteiger partial charge in [0.1, 0.15) is 17.3 Å². The highest BCUT2D eigenvalue weighted by Gasteiger charge is 2.56. The second-order valence-electron chi connectivity index (χ2n) is 8.37. The summed E-state index contributed by atoms with van der Waals surface area (Å²) in [6.07, 6.45) is -4.69. The predicted molar refractivity (Wildman–Crippen MR) is 127 cm³/mol. The number of hydrogen-bond donors (Lipinski definition) is 3. The first-order valence-electron chi connectivity index (χ1n) is 11.4. The molecular formula is C24H21F4N7O4. The number of primary amides is 1. The van der Waals surface area contributed by atoms with E-state index in [1.807, 2.05) is 0 Å².